The lowest BCUT2D eigenvalue weighted by atomic mass is 9.74. The van der Waals surface area contributed by atoms with E-state index >= 15 is 0 Å². The van der Waals surface area contributed by atoms with E-state index in [-0.39, 0.29) is 0 Å². The maximum absolute atomic E-state index is 4.62. The summed E-state index contributed by atoms with van der Waals surface area (Å²) in [4.78, 5) is 8.46. The lowest BCUT2D eigenvalue weighted by molar-refractivity contribution is 0.199. The first-order valence-corrected chi connectivity index (χ1v) is 8.95. The summed E-state index contributed by atoms with van der Waals surface area (Å²) in [6.07, 6.45) is 8.52. The van der Waals surface area contributed by atoms with Crippen LogP contribution in [0.1, 0.15) is 57.8 Å². The molecule has 114 valence electrons. The minimum Gasteiger partial charge on any atom is -0.348 e. The fourth-order valence-electron chi connectivity index (χ4n) is 3.04. The normalized spacial score (nSPS) is 18.4. The van der Waals surface area contributed by atoms with E-state index in [1.54, 1.807) is 0 Å². The van der Waals surface area contributed by atoms with Gasteiger partial charge in [-0.2, -0.15) is 0 Å². The van der Waals surface area contributed by atoms with Crippen LogP contribution >= 0.6 is 11.3 Å². The predicted octanol–water partition coefficient (Wildman–Crippen LogP) is 4.05. The van der Waals surface area contributed by atoms with Gasteiger partial charge < -0.3 is 10.2 Å². The Balaban J connectivity index is 1.87. The van der Waals surface area contributed by atoms with Gasteiger partial charge in [0.25, 0.3) is 0 Å². The number of piperidine rings is 1. The Bertz CT molecular complexity index is 388. The Labute approximate surface area is 127 Å². The SMILES string of the molecule is CCCNCc1cnc(N2CCC(CC)(CC)CC2)s1. The number of anilines is 1. The quantitative estimate of drug-likeness (QED) is 0.769. The van der Waals surface area contributed by atoms with Crippen molar-refractivity contribution in [2.24, 2.45) is 5.41 Å². The number of nitrogens with zero attached hydrogens (tertiary/aromatic N) is 2. The predicted molar refractivity (Wildman–Crippen MR) is 88.6 cm³/mol. The Kier molecular flexibility index (Phi) is 5.85. The molecule has 2 heterocycles. The average Bonchev–Trinajstić information content (AvgIpc) is 2.96. The number of thiazole rings is 1. The maximum atomic E-state index is 4.62. The molecule has 1 N–H and O–H groups in total. The van der Waals surface area contributed by atoms with Crippen molar-refractivity contribution in [1.29, 1.82) is 0 Å². The molecule has 20 heavy (non-hydrogen) atoms. The van der Waals surface area contributed by atoms with Gasteiger partial charge in [0.1, 0.15) is 0 Å². The summed E-state index contributed by atoms with van der Waals surface area (Å²) in [6.45, 7) is 11.3. The molecule has 0 bridgehead atoms. The minimum absolute atomic E-state index is 0.596. The highest BCUT2D eigenvalue weighted by molar-refractivity contribution is 7.15. The molecule has 0 aliphatic carbocycles. The van der Waals surface area contributed by atoms with Crippen LogP contribution in [0.2, 0.25) is 0 Å². The van der Waals surface area contributed by atoms with Gasteiger partial charge in [0.15, 0.2) is 5.13 Å². The zero-order valence-corrected chi connectivity index (χ0v) is 14.1. The van der Waals surface area contributed by atoms with Crippen molar-refractivity contribution in [2.75, 3.05) is 24.5 Å². The molecular weight excluding hydrogens is 266 g/mol. The van der Waals surface area contributed by atoms with Crippen molar-refractivity contribution in [1.82, 2.24) is 10.3 Å². The molecule has 1 aliphatic rings. The molecule has 0 unspecified atom stereocenters. The number of nitrogens with one attached hydrogen (secondary N) is 1. The van der Waals surface area contributed by atoms with Crippen LogP contribution in [0.25, 0.3) is 0 Å². The van der Waals surface area contributed by atoms with Gasteiger partial charge in [0, 0.05) is 30.7 Å². The lowest BCUT2D eigenvalue weighted by Gasteiger charge is -2.40. The Morgan fingerprint density at radius 2 is 1.95 bits per heavy atom. The van der Waals surface area contributed by atoms with E-state index in [9.17, 15) is 0 Å². The highest BCUT2D eigenvalue weighted by Crippen LogP contribution is 2.39. The molecule has 0 saturated carbocycles. The number of hydrogen-bond acceptors (Lipinski definition) is 4. The van der Waals surface area contributed by atoms with Crippen molar-refractivity contribution in [2.45, 2.75) is 59.4 Å². The van der Waals surface area contributed by atoms with Gasteiger partial charge in [-0.25, -0.2) is 4.98 Å². The van der Waals surface area contributed by atoms with Crippen LogP contribution in [0.3, 0.4) is 0 Å². The standard InChI is InChI=1S/C16H29N3S/c1-4-9-17-12-14-13-18-15(20-14)19-10-7-16(5-2,6-3)8-11-19/h13,17H,4-12H2,1-3H3. The topological polar surface area (TPSA) is 28.2 Å². The van der Waals surface area contributed by atoms with E-state index in [0.717, 1.165) is 13.1 Å². The maximum Gasteiger partial charge on any atom is 0.185 e. The van der Waals surface area contributed by atoms with E-state index < -0.39 is 0 Å². The molecule has 1 aliphatic heterocycles. The molecule has 1 aromatic heterocycles. The van der Waals surface area contributed by atoms with E-state index in [1.165, 1.54) is 55.2 Å². The van der Waals surface area contributed by atoms with Crippen LogP contribution in [0.4, 0.5) is 5.13 Å². The molecule has 4 heteroatoms. The van der Waals surface area contributed by atoms with E-state index in [4.69, 9.17) is 0 Å². The second-order valence-electron chi connectivity index (χ2n) is 5.98. The van der Waals surface area contributed by atoms with Gasteiger partial charge in [-0.15, -0.1) is 11.3 Å². The fourth-order valence-corrected chi connectivity index (χ4v) is 3.97. The van der Waals surface area contributed by atoms with Crippen molar-refractivity contribution in [3.05, 3.63) is 11.1 Å². The second-order valence-corrected chi connectivity index (χ2v) is 7.07. The largest absolute Gasteiger partial charge is 0.348 e. The molecule has 2 rings (SSSR count). The van der Waals surface area contributed by atoms with E-state index in [2.05, 4.69) is 36.0 Å². The van der Waals surface area contributed by atoms with Crippen molar-refractivity contribution in [3.8, 4) is 0 Å². The molecular formula is C16H29N3S. The highest BCUT2D eigenvalue weighted by atomic mass is 32.1. The van der Waals surface area contributed by atoms with Crippen molar-refractivity contribution in [3.63, 3.8) is 0 Å². The smallest absolute Gasteiger partial charge is 0.185 e. The molecule has 3 nitrogen and oxygen atoms in total. The van der Waals surface area contributed by atoms with Gasteiger partial charge in [0.2, 0.25) is 0 Å². The van der Waals surface area contributed by atoms with Crippen LogP contribution in [0, 0.1) is 5.41 Å². The zero-order valence-electron chi connectivity index (χ0n) is 13.2. The number of aromatic nitrogens is 1. The Morgan fingerprint density at radius 3 is 2.55 bits per heavy atom. The molecule has 0 aromatic carbocycles. The van der Waals surface area contributed by atoms with Crippen LogP contribution in [0.5, 0.6) is 0 Å². The summed E-state index contributed by atoms with van der Waals surface area (Å²) < 4.78 is 0. The molecule has 1 aromatic rings. The summed E-state index contributed by atoms with van der Waals surface area (Å²) in [5, 5.41) is 4.67. The Hall–Kier alpha value is -0.610. The number of hydrogen-bond donors (Lipinski definition) is 1. The zero-order chi connectivity index (χ0) is 14.4. The van der Waals surface area contributed by atoms with Gasteiger partial charge in [-0.1, -0.05) is 33.6 Å². The van der Waals surface area contributed by atoms with E-state index in [0.29, 0.717) is 5.41 Å². The monoisotopic (exact) mass is 295 g/mol. The van der Waals surface area contributed by atoms with Crippen LogP contribution in [-0.2, 0) is 6.54 Å². The second kappa shape index (κ2) is 7.41. The van der Waals surface area contributed by atoms with Gasteiger partial charge in [-0.05, 0) is 31.2 Å². The van der Waals surface area contributed by atoms with E-state index in [1.807, 2.05) is 17.5 Å². The van der Waals surface area contributed by atoms with Crippen LogP contribution in [0.15, 0.2) is 6.20 Å². The Morgan fingerprint density at radius 1 is 1.25 bits per heavy atom. The average molecular weight is 295 g/mol. The molecule has 0 atom stereocenters. The van der Waals surface area contributed by atoms with Crippen LogP contribution in [-0.4, -0.2) is 24.6 Å². The molecule has 0 spiro atoms. The molecule has 0 radical (unpaired) electrons. The highest BCUT2D eigenvalue weighted by Gasteiger charge is 2.31. The van der Waals surface area contributed by atoms with Crippen molar-refractivity contribution < 1.29 is 0 Å². The fraction of sp³-hybridized carbons (Fsp3) is 0.812. The molecule has 1 fully saturated rings. The third-order valence-corrected chi connectivity index (χ3v) is 5.92. The first-order chi connectivity index (χ1) is 9.73. The third-order valence-electron chi connectivity index (χ3n) is 4.86. The lowest BCUT2D eigenvalue weighted by Crippen LogP contribution is -2.39. The first kappa shape index (κ1) is 15.8. The summed E-state index contributed by atoms with van der Waals surface area (Å²) in [6, 6.07) is 0. The minimum atomic E-state index is 0.596. The summed E-state index contributed by atoms with van der Waals surface area (Å²) >= 11 is 1.86. The van der Waals surface area contributed by atoms with Gasteiger partial charge >= 0.3 is 0 Å². The van der Waals surface area contributed by atoms with Crippen LogP contribution < -0.4 is 10.2 Å². The summed E-state index contributed by atoms with van der Waals surface area (Å²) in [7, 11) is 0. The van der Waals surface area contributed by atoms with Gasteiger partial charge in [0.05, 0.1) is 0 Å². The first-order valence-electron chi connectivity index (χ1n) is 8.13. The third kappa shape index (κ3) is 3.73. The molecule has 1 saturated heterocycles. The van der Waals surface area contributed by atoms with Gasteiger partial charge in [-0.3, -0.25) is 0 Å². The van der Waals surface area contributed by atoms with Crippen molar-refractivity contribution >= 4 is 16.5 Å². The summed E-state index contributed by atoms with van der Waals surface area (Å²) in [5.41, 5.74) is 0.596. The molecule has 0 amide bonds. The number of rotatable bonds is 7. The summed E-state index contributed by atoms with van der Waals surface area (Å²) in [5.74, 6) is 0.